The summed E-state index contributed by atoms with van der Waals surface area (Å²) >= 11 is 1.42. The Morgan fingerprint density at radius 1 is 1.00 bits per heavy atom. The number of thioether (sulfide) groups is 1. The molecule has 0 unspecified atom stereocenters. The van der Waals surface area contributed by atoms with E-state index >= 15 is 0 Å². The van der Waals surface area contributed by atoms with Crippen molar-refractivity contribution in [3.63, 3.8) is 0 Å². The van der Waals surface area contributed by atoms with Crippen LogP contribution in [0.1, 0.15) is 37.5 Å². The summed E-state index contributed by atoms with van der Waals surface area (Å²) < 4.78 is 5.74. The van der Waals surface area contributed by atoms with Gasteiger partial charge in [0.15, 0.2) is 0 Å². The second-order valence-corrected chi connectivity index (χ2v) is 8.81. The summed E-state index contributed by atoms with van der Waals surface area (Å²) in [5, 5.41) is 0. The molecule has 0 fully saturated rings. The van der Waals surface area contributed by atoms with Gasteiger partial charge in [0, 0.05) is 0 Å². The number of hydrogen-bond acceptors (Lipinski definition) is 4. The van der Waals surface area contributed by atoms with Gasteiger partial charge in [-0.25, -0.2) is 4.90 Å². The Morgan fingerprint density at radius 2 is 1.69 bits per heavy atom. The fourth-order valence-electron chi connectivity index (χ4n) is 3.22. The molecule has 0 bridgehead atoms. The number of carbonyl (C=O) groups is 2. The number of benzene rings is 2. The van der Waals surface area contributed by atoms with Gasteiger partial charge in [0.1, 0.15) is 5.75 Å². The lowest BCUT2D eigenvalue weighted by atomic mass is 10.1. The largest absolute Gasteiger partial charge is 0.493 e. The second kappa shape index (κ2) is 8.87. The number of aryl methyl sites for hydroxylation is 1. The predicted octanol–water partition coefficient (Wildman–Crippen LogP) is 5.38. The molecule has 2 aromatic rings. The zero-order chi connectivity index (χ0) is 21.1. The first-order valence-corrected chi connectivity index (χ1v) is 10.9. The molecule has 1 aliphatic heterocycles. The van der Waals surface area contributed by atoms with Gasteiger partial charge in [0.2, 0.25) is 0 Å². The van der Waals surface area contributed by atoms with E-state index in [2.05, 4.69) is 13.8 Å². The van der Waals surface area contributed by atoms with Gasteiger partial charge < -0.3 is 4.74 Å². The van der Waals surface area contributed by atoms with Crippen molar-refractivity contribution < 1.29 is 14.3 Å². The molecule has 1 heterocycles. The van der Waals surface area contributed by atoms with E-state index in [0.29, 0.717) is 34.4 Å². The number of rotatable bonds is 7. The molecule has 5 heteroatoms. The van der Waals surface area contributed by atoms with E-state index in [1.165, 1.54) is 16.7 Å². The van der Waals surface area contributed by atoms with E-state index in [9.17, 15) is 9.59 Å². The molecule has 152 valence electrons. The third kappa shape index (κ3) is 4.25. The minimum absolute atomic E-state index is 0.245. The van der Waals surface area contributed by atoms with Crippen LogP contribution in [0.2, 0.25) is 0 Å². The molecule has 2 amide bonds. The number of ether oxygens (including phenoxy) is 1. The third-order valence-electron chi connectivity index (χ3n) is 4.87. The summed E-state index contributed by atoms with van der Waals surface area (Å²) in [6, 6.07) is 13.1. The van der Waals surface area contributed by atoms with Crippen LogP contribution in [0.4, 0.5) is 5.69 Å². The van der Waals surface area contributed by atoms with Gasteiger partial charge in [-0.05, 0) is 60.4 Å². The minimum atomic E-state index is -0.268. The topological polar surface area (TPSA) is 46.6 Å². The maximum Gasteiger partial charge on any atom is 0.272 e. The van der Waals surface area contributed by atoms with E-state index in [1.807, 2.05) is 63.2 Å². The summed E-state index contributed by atoms with van der Waals surface area (Å²) in [7, 11) is 0. The first-order valence-electron chi connectivity index (χ1n) is 9.90. The van der Waals surface area contributed by atoms with Gasteiger partial charge in [-0.3, -0.25) is 9.59 Å². The maximum absolute atomic E-state index is 13.4. The zero-order valence-corrected chi connectivity index (χ0v) is 18.4. The van der Waals surface area contributed by atoms with Gasteiger partial charge in [0.25, 0.3) is 11.8 Å². The highest BCUT2D eigenvalue weighted by molar-refractivity contribution is 8.04. The number of hydrogen-bond donors (Lipinski definition) is 0. The molecular weight excluding hydrogens is 382 g/mol. The fourth-order valence-corrected chi connectivity index (χ4v) is 4.07. The van der Waals surface area contributed by atoms with Crippen molar-refractivity contribution in [1.29, 1.82) is 0 Å². The average molecular weight is 410 g/mol. The predicted molar refractivity (Wildman–Crippen MR) is 120 cm³/mol. The van der Waals surface area contributed by atoms with E-state index in [4.69, 9.17) is 4.74 Å². The zero-order valence-electron chi connectivity index (χ0n) is 17.6. The summed E-state index contributed by atoms with van der Waals surface area (Å²) in [4.78, 5) is 28.4. The van der Waals surface area contributed by atoms with E-state index < -0.39 is 0 Å². The minimum Gasteiger partial charge on any atom is -0.493 e. The molecule has 0 saturated carbocycles. The monoisotopic (exact) mass is 409 g/mol. The molecule has 0 atom stereocenters. The molecule has 3 rings (SSSR count). The molecular formula is C24H27NO3S. The van der Waals surface area contributed by atoms with Gasteiger partial charge in [-0.1, -0.05) is 45.0 Å². The van der Waals surface area contributed by atoms with Crippen molar-refractivity contribution in [2.45, 2.75) is 34.6 Å². The van der Waals surface area contributed by atoms with Crippen LogP contribution in [0, 0.1) is 19.8 Å². The standard InChI is InChI=1S/C24H27NO3S/c1-6-29-22-21(18-10-12-19(13-11-18)28-14-15(2)3)23(26)25(24(22)27)20-9-7-8-16(4)17(20)5/h7-13,15H,6,14H2,1-5H3. The van der Waals surface area contributed by atoms with Crippen molar-refractivity contribution in [1.82, 2.24) is 0 Å². The van der Waals surface area contributed by atoms with E-state index in [-0.39, 0.29) is 11.8 Å². The molecule has 0 saturated heterocycles. The van der Waals surface area contributed by atoms with Crippen LogP contribution >= 0.6 is 11.8 Å². The van der Waals surface area contributed by atoms with Crippen molar-refractivity contribution in [3.05, 3.63) is 64.1 Å². The van der Waals surface area contributed by atoms with Crippen molar-refractivity contribution in [2.75, 3.05) is 17.3 Å². The Balaban J connectivity index is 1.98. The molecule has 0 aromatic heterocycles. The van der Waals surface area contributed by atoms with Crippen molar-refractivity contribution >= 4 is 34.8 Å². The third-order valence-corrected chi connectivity index (χ3v) is 5.83. The fraction of sp³-hybridized carbons (Fsp3) is 0.333. The molecule has 0 aliphatic carbocycles. The summed E-state index contributed by atoms with van der Waals surface area (Å²) in [6.07, 6.45) is 0. The number of imide groups is 1. The molecule has 2 aromatic carbocycles. The Labute approximate surface area is 176 Å². The molecule has 1 aliphatic rings. The van der Waals surface area contributed by atoms with Crippen LogP contribution < -0.4 is 9.64 Å². The molecule has 0 N–H and O–H groups in total. The van der Waals surface area contributed by atoms with E-state index in [0.717, 1.165) is 22.4 Å². The highest BCUT2D eigenvalue weighted by Crippen LogP contribution is 2.39. The molecule has 4 nitrogen and oxygen atoms in total. The van der Waals surface area contributed by atoms with Gasteiger partial charge in [-0.2, -0.15) is 0 Å². The Bertz CT molecular complexity index is 961. The Kier molecular flexibility index (Phi) is 6.48. The number of anilines is 1. The van der Waals surface area contributed by atoms with Crippen LogP contribution in [0.15, 0.2) is 47.4 Å². The number of carbonyl (C=O) groups excluding carboxylic acids is 2. The van der Waals surface area contributed by atoms with Crippen LogP contribution in [0.5, 0.6) is 5.75 Å². The van der Waals surface area contributed by atoms with Crippen LogP contribution in [-0.4, -0.2) is 24.2 Å². The highest BCUT2D eigenvalue weighted by Gasteiger charge is 2.40. The van der Waals surface area contributed by atoms with Crippen LogP contribution in [0.25, 0.3) is 5.57 Å². The normalized spacial score (nSPS) is 14.3. The number of amides is 2. The van der Waals surface area contributed by atoms with Crippen LogP contribution in [-0.2, 0) is 9.59 Å². The summed E-state index contributed by atoms with van der Waals surface area (Å²) in [5.74, 6) is 1.40. The van der Waals surface area contributed by atoms with Crippen LogP contribution in [0.3, 0.4) is 0 Å². The SMILES string of the molecule is CCSC1=C(c2ccc(OCC(C)C)cc2)C(=O)N(c2cccc(C)c2C)C1=O. The lowest BCUT2D eigenvalue weighted by Gasteiger charge is -2.19. The Hall–Kier alpha value is -2.53. The summed E-state index contributed by atoms with van der Waals surface area (Å²) in [5.41, 5.74) is 3.85. The van der Waals surface area contributed by atoms with Gasteiger partial charge in [-0.15, -0.1) is 11.8 Å². The van der Waals surface area contributed by atoms with Gasteiger partial charge >= 0.3 is 0 Å². The number of nitrogens with zero attached hydrogens (tertiary/aromatic N) is 1. The smallest absolute Gasteiger partial charge is 0.272 e. The Morgan fingerprint density at radius 3 is 2.31 bits per heavy atom. The molecule has 0 spiro atoms. The second-order valence-electron chi connectivity index (χ2n) is 7.53. The van der Waals surface area contributed by atoms with E-state index in [1.54, 1.807) is 0 Å². The molecule has 29 heavy (non-hydrogen) atoms. The van der Waals surface area contributed by atoms with Crippen molar-refractivity contribution in [2.24, 2.45) is 5.92 Å². The van der Waals surface area contributed by atoms with Gasteiger partial charge in [0.05, 0.1) is 22.8 Å². The lowest BCUT2D eigenvalue weighted by Crippen LogP contribution is -2.32. The lowest BCUT2D eigenvalue weighted by molar-refractivity contribution is -0.119. The first-order chi connectivity index (χ1) is 13.8. The molecule has 0 radical (unpaired) electrons. The maximum atomic E-state index is 13.4. The van der Waals surface area contributed by atoms with Crippen molar-refractivity contribution in [3.8, 4) is 5.75 Å². The summed E-state index contributed by atoms with van der Waals surface area (Å²) in [6.45, 7) is 10.7. The first kappa shape index (κ1) is 21.2. The quantitative estimate of drug-likeness (QED) is 0.576. The highest BCUT2D eigenvalue weighted by atomic mass is 32.2. The average Bonchev–Trinajstić information content (AvgIpc) is 2.93.